The summed E-state index contributed by atoms with van der Waals surface area (Å²) in [5.74, 6) is 0.997. The molecule has 1 aliphatic rings. The number of pyridine rings is 1. The van der Waals surface area contributed by atoms with Gasteiger partial charge in [0.1, 0.15) is 17.0 Å². The van der Waals surface area contributed by atoms with Gasteiger partial charge in [0.2, 0.25) is 0 Å². The second kappa shape index (κ2) is 7.06. The van der Waals surface area contributed by atoms with Gasteiger partial charge in [-0.15, -0.1) is 0 Å². The van der Waals surface area contributed by atoms with Gasteiger partial charge in [-0.3, -0.25) is 4.79 Å². The number of fused-ring (bicyclic) bond motifs is 1. The van der Waals surface area contributed by atoms with Crippen LogP contribution in [-0.4, -0.2) is 39.0 Å². The Morgan fingerprint density at radius 1 is 1.15 bits per heavy atom. The molecule has 3 heterocycles. The van der Waals surface area contributed by atoms with Gasteiger partial charge in [-0.2, -0.15) is 0 Å². The standard InChI is InChI=1S/C19H20N6O2/c1-12-21-15-7-8-20-18(26)16(15)17(22-12)23-13-5-4-6-14(11-13)24-19(27)25-9-2-3-10-25/h4-8,11H,2-3,9-10H2,1H3,(H,20,26)(H,24,27)(H,21,22,23). The predicted octanol–water partition coefficient (Wildman–Crippen LogP) is 3.00. The Labute approximate surface area is 155 Å². The lowest BCUT2D eigenvalue weighted by molar-refractivity contribution is 0.222. The lowest BCUT2D eigenvalue weighted by atomic mass is 10.2. The molecule has 3 aromatic rings. The molecule has 8 heteroatoms. The van der Waals surface area contributed by atoms with E-state index in [2.05, 4.69) is 25.6 Å². The fraction of sp³-hybridized carbons (Fsp3) is 0.263. The van der Waals surface area contributed by atoms with Crippen molar-refractivity contribution in [2.24, 2.45) is 0 Å². The van der Waals surface area contributed by atoms with Gasteiger partial charge >= 0.3 is 6.03 Å². The number of anilines is 3. The molecule has 8 nitrogen and oxygen atoms in total. The number of aromatic nitrogens is 3. The largest absolute Gasteiger partial charge is 0.339 e. The van der Waals surface area contributed by atoms with E-state index in [1.165, 1.54) is 0 Å². The SMILES string of the molecule is Cc1nc(Nc2cccc(NC(=O)N3CCCC3)c2)c2c(=O)[nH]ccc2n1. The zero-order valence-corrected chi connectivity index (χ0v) is 15.0. The molecule has 0 aliphatic carbocycles. The van der Waals surface area contributed by atoms with Crippen molar-refractivity contribution in [3.63, 3.8) is 0 Å². The summed E-state index contributed by atoms with van der Waals surface area (Å²) < 4.78 is 0. The number of hydrogen-bond acceptors (Lipinski definition) is 5. The first-order valence-electron chi connectivity index (χ1n) is 8.89. The molecule has 0 spiro atoms. The first-order chi connectivity index (χ1) is 13.1. The topological polar surface area (TPSA) is 103 Å². The highest BCUT2D eigenvalue weighted by molar-refractivity contribution is 5.92. The summed E-state index contributed by atoms with van der Waals surface area (Å²) in [5.41, 5.74) is 1.72. The summed E-state index contributed by atoms with van der Waals surface area (Å²) in [4.78, 5) is 37.6. The number of rotatable bonds is 3. The number of hydrogen-bond donors (Lipinski definition) is 3. The highest BCUT2D eigenvalue weighted by Crippen LogP contribution is 2.23. The average molecular weight is 364 g/mol. The van der Waals surface area contributed by atoms with Crippen LogP contribution in [0.5, 0.6) is 0 Å². The second-order valence-corrected chi connectivity index (χ2v) is 6.52. The summed E-state index contributed by atoms with van der Waals surface area (Å²) in [6.07, 6.45) is 3.66. The van der Waals surface area contributed by atoms with E-state index < -0.39 is 0 Å². The normalized spacial score (nSPS) is 13.7. The Kier molecular flexibility index (Phi) is 4.45. The number of benzene rings is 1. The van der Waals surface area contributed by atoms with E-state index in [9.17, 15) is 9.59 Å². The number of H-pyrrole nitrogens is 1. The van der Waals surface area contributed by atoms with Crippen LogP contribution in [-0.2, 0) is 0 Å². The Hall–Kier alpha value is -3.42. The summed E-state index contributed by atoms with van der Waals surface area (Å²) in [6.45, 7) is 3.36. The van der Waals surface area contributed by atoms with Crippen molar-refractivity contribution in [2.75, 3.05) is 23.7 Å². The molecule has 1 fully saturated rings. The molecule has 0 bridgehead atoms. The molecule has 2 amide bonds. The number of aromatic amines is 1. The van der Waals surface area contributed by atoms with Crippen molar-refractivity contribution in [2.45, 2.75) is 19.8 Å². The van der Waals surface area contributed by atoms with Gasteiger partial charge in [0.25, 0.3) is 5.56 Å². The monoisotopic (exact) mass is 364 g/mol. The summed E-state index contributed by atoms with van der Waals surface area (Å²) in [5, 5.41) is 6.49. The molecule has 138 valence electrons. The third kappa shape index (κ3) is 3.59. The highest BCUT2D eigenvalue weighted by atomic mass is 16.2. The van der Waals surface area contributed by atoms with Gasteiger partial charge in [0, 0.05) is 30.7 Å². The van der Waals surface area contributed by atoms with Crippen LogP contribution in [0.25, 0.3) is 10.9 Å². The zero-order chi connectivity index (χ0) is 18.8. The molecule has 0 unspecified atom stereocenters. The molecular weight excluding hydrogens is 344 g/mol. The minimum absolute atomic E-state index is 0.0931. The van der Waals surface area contributed by atoms with Gasteiger partial charge in [0.05, 0.1) is 5.52 Å². The second-order valence-electron chi connectivity index (χ2n) is 6.52. The number of nitrogens with one attached hydrogen (secondary N) is 3. The minimum Gasteiger partial charge on any atom is -0.339 e. The molecule has 1 saturated heterocycles. The van der Waals surface area contributed by atoms with Gasteiger partial charge in [0.15, 0.2) is 0 Å². The maximum absolute atomic E-state index is 12.3. The highest BCUT2D eigenvalue weighted by Gasteiger charge is 2.18. The first-order valence-corrected chi connectivity index (χ1v) is 8.89. The van der Waals surface area contributed by atoms with Crippen LogP contribution in [0.2, 0.25) is 0 Å². The molecular formula is C19H20N6O2. The van der Waals surface area contributed by atoms with E-state index in [-0.39, 0.29) is 11.6 Å². The summed E-state index contributed by atoms with van der Waals surface area (Å²) in [6, 6.07) is 8.98. The number of urea groups is 1. The Morgan fingerprint density at radius 3 is 2.74 bits per heavy atom. The van der Waals surface area contributed by atoms with Crippen molar-refractivity contribution < 1.29 is 4.79 Å². The number of carbonyl (C=O) groups excluding carboxylic acids is 1. The molecule has 4 rings (SSSR count). The van der Waals surface area contributed by atoms with Crippen LogP contribution in [0, 0.1) is 6.92 Å². The van der Waals surface area contributed by atoms with E-state index in [4.69, 9.17) is 0 Å². The number of aryl methyl sites for hydroxylation is 1. The third-order valence-corrected chi connectivity index (χ3v) is 4.50. The van der Waals surface area contributed by atoms with Gasteiger partial charge in [-0.25, -0.2) is 14.8 Å². The lowest BCUT2D eigenvalue weighted by Crippen LogP contribution is -2.32. The van der Waals surface area contributed by atoms with Crippen LogP contribution < -0.4 is 16.2 Å². The van der Waals surface area contributed by atoms with Crippen LogP contribution >= 0.6 is 0 Å². The van der Waals surface area contributed by atoms with Gasteiger partial charge in [-0.1, -0.05) is 6.07 Å². The van der Waals surface area contributed by atoms with Crippen molar-refractivity contribution in [1.82, 2.24) is 19.9 Å². The van der Waals surface area contributed by atoms with Crippen molar-refractivity contribution >= 4 is 34.1 Å². The van der Waals surface area contributed by atoms with Crippen molar-refractivity contribution in [3.05, 3.63) is 52.7 Å². The summed E-state index contributed by atoms with van der Waals surface area (Å²) in [7, 11) is 0. The predicted molar refractivity (Wildman–Crippen MR) is 104 cm³/mol. The van der Waals surface area contributed by atoms with Gasteiger partial charge in [-0.05, 0) is 44.0 Å². The quantitative estimate of drug-likeness (QED) is 0.663. The number of carbonyl (C=O) groups is 1. The maximum Gasteiger partial charge on any atom is 0.321 e. The average Bonchev–Trinajstić information content (AvgIpc) is 3.16. The number of nitrogens with zero attached hydrogens (tertiary/aromatic N) is 3. The minimum atomic E-state index is -0.256. The third-order valence-electron chi connectivity index (χ3n) is 4.50. The molecule has 3 N–H and O–H groups in total. The smallest absolute Gasteiger partial charge is 0.321 e. The van der Waals surface area contributed by atoms with Crippen LogP contribution in [0.15, 0.2) is 41.3 Å². The molecule has 1 aromatic carbocycles. The number of likely N-dealkylation sites (tertiary alicyclic amines) is 1. The van der Waals surface area contributed by atoms with Gasteiger partial charge < -0.3 is 20.5 Å². The Morgan fingerprint density at radius 2 is 1.93 bits per heavy atom. The van der Waals surface area contributed by atoms with E-state index in [0.717, 1.165) is 31.6 Å². The van der Waals surface area contributed by atoms with E-state index in [1.807, 2.05) is 24.3 Å². The maximum atomic E-state index is 12.3. The Bertz CT molecular complexity index is 1060. The molecule has 0 atom stereocenters. The summed E-state index contributed by atoms with van der Waals surface area (Å²) >= 11 is 0. The fourth-order valence-electron chi connectivity index (χ4n) is 3.23. The van der Waals surface area contributed by atoms with Crippen LogP contribution in [0.3, 0.4) is 0 Å². The van der Waals surface area contributed by atoms with Crippen molar-refractivity contribution in [3.8, 4) is 0 Å². The van der Waals surface area contributed by atoms with E-state index in [1.54, 1.807) is 24.1 Å². The van der Waals surface area contributed by atoms with Crippen LogP contribution in [0.1, 0.15) is 18.7 Å². The Balaban J connectivity index is 1.61. The molecule has 2 aromatic heterocycles. The molecule has 1 aliphatic heterocycles. The zero-order valence-electron chi connectivity index (χ0n) is 15.0. The van der Waals surface area contributed by atoms with E-state index in [0.29, 0.717) is 28.2 Å². The fourth-order valence-corrected chi connectivity index (χ4v) is 3.23. The lowest BCUT2D eigenvalue weighted by Gasteiger charge is -2.16. The van der Waals surface area contributed by atoms with Crippen LogP contribution in [0.4, 0.5) is 22.0 Å². The molecule has 27 heavy (non-hydrogen) atoms. The number of amides is 2. The van der Waals surface area contributed by atoms with Crippen molar-refractivity contribution in [1.29, 1.82) is 0 Å². The first kappa shape index (κ1) is 17.0. The molecule has 0 radical (unpaired) electrons. The molecule has 0 saturated carbocycles. The van der Waals surface area contributed by atoms with E-state index >= 15 is 0 Å².